The Kier molecular flexibility index (Phi) is 5.60. The van der Waals surface area contributed by atoms with Gasteiger partial charge in [-0.2, -0.15) is 0 Å². The Morgan fingerprint density at radius 2 is 1.72 bits per heavy atom. The van der Waals surface area contributed by atoms with E-state index in [0.717, 1.165) is 16.8 Å². The molecule has 0 saturated heterocycles. The summed E-state index contributed by atoms with van der Waals surface area (Å²) in [6.07, 6.45) is 0. The maximum atomic E-state index is 5.81. The lowest BCUT2D eigenvalue weighted by Crippen LogP contribution is -2.28. The van der Waals surface area contributed by atoms with Crippen LogP contribution in [0, 0.1) is 13.8 Å². The molecule has 100 valence electrons. The van der Waals surface area contributed by atoms with Crippen LogP contribution in [0.1, 0.15) is 18.1 Å². The Hall–Kier alpha value is -0.150. The summed E-state index contributed by atoms with van der Waals surface area (Å²) in [5.74, 6) is 0.295. The van der Waals surface area contributed by atoms with Gasteiger partial charge in [-0.05, 0) is 25.0 Å². The van der Waals surface area contributed by atoms with Crippen LogP contribution in [0.5, 0.6) is 0 Å². The summed E-state index contributed by atoms with van der Waals surface area (Å²) in [6.45, 7) is 5.56. The molecule has 1 aromatic carbocycles. The first kappa shape index (κ1) is 15.9. The number of nitrogens with zero attached hydrogens (tertiary/aromatic N) is 1. The molecule has 0 bridgehead atoms. The molecule has 0 aliphatic heterocycles. The molecule has 0 saturated carbocycles. The summed E-state index contributed by atoms with van der Waals surface area (Å²) in [5, 5.41) is 0. The normalized spacial score (nSPS) is 13.0. The first-order valence-corrected chi connectivity index (χ1v) is 6.83. The Bertz CT molecular complexity index is 437. The molecule has 0 fully saturated rings. The summed E-state index contributed by atoms with van der Waals surface area (Å²) in [5.41, 5.74) is 2.88. The number of aliphatic imine (C=N–C) groups is 1. The molecule has 0 spiro atoms. The Balaban J connectivity index is 2.97. The van der Waals surface area contributed by atoms with E-state index in [1.54, 1.807) is 6.92 Å². The van der Waals surface area contributed by atoms with Crippen molar-refractivity contribution in [1.29, 1.82) is 0 Å². The highest BCUT2D eigenvalue weighted by molar-refractivity contribution is 6.59. The van der Waals surface area contributed by atoms with Crippen LogP contribution in [0.4, 0.5) is 5.69 Å². The number of rotatable bonds is 3. The molecule has 6 heteroatoms. The topological polar surface area (TPSA) is 21.6 Å². The molecule has 18 heavy (non-hydrogen) atoms. The Labute approximate surface area is 127 Å². The summed E-state index contributed by atoms with van der Waals surface area (Å²) in [4.78, 5) is 3.25. The number of aryl methyl sites for hydroxylation is 2. The zero-order valence-corrected chi connectivity index (χ0v) is 13.2. The van der Waals surface area contributed by atoms with Gasteiger partial charge in [-0.1, -0.05) is 64.6 Å². The first-order valence-electron chi connectivity index (χ1n) is 5.20. The number of ether oxygens (including phenoxy) is 1. The van der Waals surface area contributed by atoms with Crippen LogP contribution in [0.25, 0.3) is 0 Å². The monoisotopic (exact) mass is 327 g/mol. The van der Waals surface area contributed by atoms with Crippen LogP contribution in [0.15, 0.2) is 23.2 Å². The molecule has 0 radical (unpaired) electrons. The number of benzene rings is 1. The quantitative estimate of drug-likeness (QED) is 0.419. The molecular weight excluding hydrogens is 316 g/mol. The summed E-state index contributed by atoms with van der Waals surface area (Å²) >= 11 is 22.8. The number of para-hydroxylation sites is 1. The van der Waals surface area contributed by atoms with Gasteiger partial charge in [0.2, 0.25) is 0 Å². The summed E-state index contributed by atoms with van der Waals surface area (Å²) in [7, 11) is 0. The van der Waals surface area contributed by atoms with Crippen LogP contribution < -0.4 is 0 Å². The van der Waals surface area contributed by atoms with E-state index in [1.165, 1.54) is 0 Å². The zero-order chi connectivity index (χ0) is 13.9. The molecule has 0 aliphatic rings. The second-order valence-electron chi connectivity index (χ2n) is 3.84. The van der Waals surface area contributed by atoms with Crippen LogP contribution in [-0.2, 0) is 4.74 Å². The fraction of sp³-hybridized carbons (Fsp3) is 0.417. The molecule has 0 heterocycles. The number of halogens is 4. The molecule has 0 aromatic heterocycles. The van der Waals surface area contributed by atoms with Gasteiger partial charge in [0.05, 0.1) is 5.69 Å². The van der Waals surface area contributed by atoms with E-state index in [4.69, 9.17) is 51.1 Å². The highest BCUT2D eigenvalue weighted by Crippen LogP contribution is 2.34. The van der Waals surface area contributed by atoms with Crippen LogP contribution in [-0.4, -0.2) is 15.3 Å². The van der Waals surface area contributed by atoms with Crippen molar-refractivity contribution in [2.24, 2.45) is 4.99 Å². The second kappa shape index (κ2) is 6.33. The fourth-order valence-electron chi connectivity index (χ4n) is 1.40. The van der Waals surface area contributed by atoms with E-state index in [-0.39, 0.29) is 0 Å². The predicted molar refractivity (Wildman–Crippen MR) is 79.7 cm³/mol. The molecule has 0 N–H and O–H groups in total. The van der Waals surface area contributed by atoms with Crippen LogP contribution in [0.2, 0.25) is 0 Å². The van der Waals surface area contributed by atoms with Crippen molar-refractivity contribution in [3.63, 3.8) is 0 Å². The van der Waals surface area contributed by atoms with Gasteiger partial charge in [0.25, 0.3) is 4.52 Å². The Morgan fingerprint density at radius 1 is 1.22 bits per heavy atom. The average Bonchev–Trinajstić information content (AvgIpc) is 2.22. The van der Waals surface area contributed by atoms with Crippen molar-refractivity contribution in [3.05, 3.63) is 29.3 Å². The van der Waals surface area contributed by atoms with Crippen molar-refractivity contribution in [3.8, 4) is 0 Å². The minimum Gasteiger partial charge on any atom is -0.442 e. The van der Waals surface area contributed by atoms with E-state index in [1.807, 2.05) is 32.0 Å². The molecule has 0 atom stereocenters. The van der Waals surface area contributed by atoms with E-state index >= 15 is 0 Å². The molecule has 1 rings (SSSR count). The third kappa shape index (κ3) is 4.20. The third-order valence-electron chi connectivity index (χ3n) is 2.25. The average molecular weight is 329 g/mol. The lowest BCUT2D eigenvalue weighted by Gasteiger charge is -2.21. The first-order chi connectivity index (χ1) is 8.24. The highest BCUT2D eigenvalue weighted by atomic mass is 35.5. The van der Waals surface area contributed by atoms with E-state index in [9.17, 15) is 0 Å². The predicted octanol–water partition coefficient (Wildman–Crippen LogP) is 5.31. The number of hydrogen-bond acceptors (Lipinski definition) is 2. The molecule has 0 aliphatic carbocycles. The maximum absolute atomic E-state index is 5.81. The molecule has 2 nitrogen and oxygen atoms in total. The van der Waals surface area contributed by atoms with E-state index < -0.39 is 9.36 Å². The second-order valence-corrected chi connectivity index (χ2v) is 6.25. The molecule has 0 amide bonds. The van der Waals surface area contributed by atoms with Gasteiger partial charge in [0.15, 0.2) is 10.7 Å². The standard InChI is InChI=1S/C12H13Cl4NO/c1-7-5-4-6-8(2)10(7)17-9(3)18-12(15,16)11(13)14/h4-6,11H,1-3H3. The van der Waals surface area contributed by atoms with Crippen molar-refractivity contribution in [2.45, 2.75) is 30.1 Å². The van der Waals surface area contributed by atoms with Crippen molar-refractivity contribution in [1.82, 2.24) is 0 Å². The van der Waals surface area contributed by atoms with Crippen molar-refractivity contribution >= 4 is 58.0 Å². The summed E-state index contributed by atoms with van der Waals surface area (Å²) < 4.78 is 3.52. The van der Waals surface area contributed by atoms with Crippen LogP contribution in [0.3, 0.4) is 0 Å². The maximum Gasteiger partial charge on any atom is 0.289 e. The number of alkyl halides is 4. The fourth-order valence-corrected chi connectivity index (χ4v) is 1.72. The van der Waals surface area contributed by atoms with Crippen LogP contribution >= 0.6 is 46.4 Å². The molecular formula is C12H13Cl4NO. The smallest absolute Gasteiger partial charge is 0.289 e. The minimum atomic E-state index is -1.71. The SMILES string of the molecule is CC(=Nc1c(C)cccc1C)OC(Cl)(Cl)C(Cl)Cl. The largest absolute Gasteiger partial charge is 0.442 e. The molecule has 1 aromatic rings. The van der Waals surface area contributed by atoms with Gasteiger partial charge in [-0.15, -0.1) is 0 Å². The van der Waals surface area contributed by atoms with Gasteiger partial charge in [-0.25, -0.2) is 4.99 Å². The third-order valence-corrected chi connectivity index (χ3v) is 3.90. The zero-order valence-electron chi connectivity index (χ0n) is 10.2. The van der Waals surface area contributed by atoms with Crippen molar-refractivity contribution in [2.75, 3.05) is 0 Å². The van der Waals surface area contributed by atoms with Crippen molar-refractivity contribution < 1.29 is 4.74 Å². The molecule has 0 unspecified atom stereocenters. The van der Waals surface area contributed by atoms with Gasteiger partial charge < -0.3 is 4.74 Å². The lowest BCUT2D eigenvalue weighted by atomic mass is 10.1. The van der Waals surface area contributed by atoms with Gasteiger partial charge in [-0.3, -0.25) is 0 Å². The summed E-state index contributed by atoms with van der Waals surface area (Å²) in [6, 6.07) is 5.88. The van der Waals surface area contributed by atoms with Gasteiger partial charge >= 0.3 is 0 Å². The highest BCUT2D eigenvalue weighted by Gasteiger charge is 2.35. The number of hydrogen-bond donors (Lipinski definition) is 0. The lowest BCUT2D eigenvalue weighted by molar-refractivity contribution is 0.240. The minimum absolute atomic E-state index is 0.295. The Morgan fingerprint density at radius 3 is 2.17 bits per heavy atom. The van der Waals surface area contributed by atoms with E-state index in [0.29, 0.717) is 5.90 Å². The van der Waals surface area contributed by atoms with Gasteiger partial charge in [0.1, 0.15) is 0 Å². The van der Waals surface area contributed by atoms with E-state index in [2.05, 4.69) is 4.99 Å². The van der Waals surface area contributed by atoms with Gasteiger partial charge in [0, 0.05) is 6.92 Å².